The van der Waals surface area contributed by atoms with Crippen molar-refractivity contribution < 1.29 is 4.42 Å². The van der Waals surface area contributed by atoms with Crippen molar-refractivity contribution in [1.29, 1.82) is 0 Å². The third-order valence-electron chi connectivity index (χ3n) is 4.01. The van der Waals surface area contributed by atoms with E-state index in [-0.39, 0.29) is 0 Å². The molecule has 0 atom stereocenters. The normalized spacial score (nSPS) is 16.7. The fourth-order valence-electron chi connectivity index (χ4n) is 2.87. The molecule has 1 N–H and O–H groups in total. The molecule has 1 aliphatic rings. The highest BCUT2D eigenvalue weighted by atomic mass is 79.9. The molecule has 0 spiro atoms. The van der Waals surface area contributed by atoms with E-state index in [1.54, 1.807) is 0 Å². The molecule has 5 nitrogen and oxygen atoms in total. The average Bonchev–Trinajstić information content (AvgIpc) is 3.16. The Morgan fingerprint density at radius 3 is 2.90 bits per heavy atom. The lowest BCUT2D eigenvalue weighted by Gasteiger charge is -2.29. The van der Waals surface area contributed by atoms with Crippen LogP contribution in [0.2, 0.25) is 0 Å². The third kappa shape index (κ3) is 2.44. The van der Waals surface area contributed by atoms with E-state index in [1.807, 2.05) is 30.6 Å². The third-order valence-corrected chi connectivity index (χ3v) is 4.50. The zero-order valence-corrected chi connectivity index (χ0v) is 13.0. The van der Waals surface area contributed by atoms with Gasteiger partial charge in [-0.3, -0.25) is 0 Å². The largest absolute Gasteiger partial charge is 0.423 e. The van der Waals surface area contributed by atoms with E-state index in [0.29, 0.717) is 5.92 Å². The Bertz CT molecular complexity index is 744. The van der Waals surface area contributed by atoms with Gasteiger partial charge in [0, 0.05) is 35.9 Å². The standard InChI is InChI=1S/C15H15BrN4O/c16-11-1-2-13-12(9-11)19-15(21-13)20-7-3-10(4-8-20)14-17-5-6-18-14/h1-2,5-6,9-10H,3-4,7-8H2,(H,17,18). The number of hydrogen-bond donors (Lipinski definition) is 1. The van der Waals surface area contributed by atoms with Crippen LogP contribution < -0.4 is 4.90 Å². The van der Waals surface area contributed by atoms with Gasteiger partial charge in [0.1, 0.15) is 11.3 Å². The summed E-state index contributed by atoms with van der Waals surface area (Å²) in [7, 11) is 0. The molecule has 6 heteroatoms. The van der Waals surface area contributed by atoms with Crippen LogP contribution in [0.25, 0.3) is 11.1 Å². The molecule has 0 unspecified atom stereocenters. The van der Waals surface area contributed by atoms with Crippen molar-refractivity contribution >= 4 is 33.0 Å². The van der Waals surface area contributed by atoms with Crippen LogP contribution in [0.3, 0.4) is 0 Å². The van der Waals surface area contributed by atoms with Gasteiger partial charge in [-0.25, -0.2) is 4.98 Å². The van der Waals surface area contributed by atoms with Gasteiger partial charge >= 0.3 is 0 Å². The van der Waals surface area contributed by atoms with Crippen LogP contribution >= 0.6 is 15.9 Å². The summed E-state index contributed by atoms with van der Waals surface area (Å²) in [5, 5.41) is 0. The van der Waals surface area contributed by atoms with Crippen molar-refractivity contribution in [3.8, 4) is 0 Å². The number of benzene rings is 1. The minimum atomic E-state index is 0.509. The molecule has 1 aromatic carbocycles. The highest BCUT2D eigenvalue weighted by Gasteiger charge is 2.24. The van der Waals surface area contributed by atoms with Gasteiger partial charge in [-0.1, -0.05) is 15.9 Å². The molecule has 1 aliphatic heterocycles. The maximum atomic E-state index is 5.86. The minimum absolute atomic E-state index is 0.509. The van der Waals surface area contributed by atoms with Gasteiger partial charge in [0.25, 0.3) is 6.01 Å². The number of nitrogens with one attached hydrogen (secondary N) is 1. The van der Waals surface area contributed by atoms with Gasteiger partial charge in [0.15, 0.2) is 5.58 Å². The highest BCUT2D eigenvalue weighted by molar-refractivity contribution is 9.10. The number of hydrogen-bond acceptors (Lipinski definition) is 4. The quantitative estimate of drug-likeness (QED) is 0.768. The summed E-state index contributed by atoms with van der Waals surface area (Å²) < 4.78 is 6.88. The lowest BCUT2D eigenvalue weighted by Crippen LogP contribution is -2.33. The molecule has 3 aromatic rings. The molecule has 0 aliphatic carbocycles. The Balaban J connectivity index is 1.52. The molecule has 1 fully saturated rings. The molecule has 0 saturated carbocycles. The topological polar surface area (TPSA) is 58.0 Å². The van der Waals surface area contributed by atoms with Crippen molar-refractivity contribution in [2.24, 2.45) is 0 Å². The molecule has 1 saturated heterocycles. The first-order valence-corrected chi connectivity index (χ1v) is 7.89. The highest BCUT2D eigenvalue weighted by Crippen LogP contribution is 2.30. The lowest BCUT2D eigenvalue weighted by atomic mass is 9.96. The number of aromatic amines is 1. The molecule has 0 bridgehead atoms. The monoisotopic (exact) mass is 346 g/mol. The van der Waals surface area contributed by atoms with E-state index in [1.165, 1.54) is 0 Å². The van der Waals surface area contributed by atoms with Crippen LogP contribution in [0.4, 0.5) is 6.01 Å². The number of nitrogens with zero attached hydrogens (tertiary/aromatic N) is 3. The second-order valence-electron chi connectivity index (χ2n) is 5.34. The molecular formula is C15H15BrN4O. The number of aromatic nitrogens is 3. The maximum Gasteiger partial charge on any atom is 0.298 e. The van der Waals surface area contributed by atoms with Gasteiger partial charge in [0.05, 0.1) is 0 Å². The molecule has 21 heavy (non-hydrogen) atoms. The number of anilines is 1. The summed E-state index contributed by atoms with van der Waals surface area (Å²) in [5.74, 6) is 1.60. The lowest BCUT2D eigenvalue weighted by molar-refractivity contribution is 0.457. The summed E-state index contributed by atoms with van der Waals surface area (Å²) >= 11 is 3.46. The number of H-pyrrole nitrogens is 1. The number of fused-ring (bicyclic) bond motifs is 1. The Morgan fingerprint density at radius 1 is 1.29 bits per heavy atom. The van der Waals surface area contributed by atoms with Crippen LogP contribution in [0.15, 0.2) is 39.5 Å². The fraction of sp³-hybridized carbons (Fsp3) is 0.333. The van der Waals surface area contributed by atoms with Crippen molar-refractivity contribution in [3.63, 3.8) is 0 Å². The first-order chi connectivity index (χ1) is 10.3. The van der Waals surface area contributed by atoms with Crippen molar-refractivity contribution in [3.05, 3.63) is 40.9 Å². The summed E-state index contributed by atoms with van der Waals surface area (Å²) in [5.41, 5.74) is 1.73. The summed E-state index contributed by atoms with van der Waals surface area (Å²) in [6.45, 7) is 1.89. The van der Waals surface area contributed by atoms with E-state index in [4.69, 9.17) is 4.42 Å². The van der Waals surface area contributed by atoms with Gasteiger partial charge in [0.2, 0.25) is 0 Å². The molecular weight excluding hydrogens is 332 g/mol. The summed E-state index contributed by atoms with van der Waals surface area (Å²) in [4.78, 5) is 14.4. The van der Waals surface area contributed by atoms with Gasteiger partial charge in [-0.05, 0) is 31.0 Å². The maximum absolute atomic E-state index is 5.86. The molecule has 3 heterocycles. The molecule has 2 aromatic heterocycles. The van der Waals surface area contributed by atoms with Crippen LogP contribution in [0.1, 0.15) is 24.6 Å². The SMILES string of the molecule is Brc1ccc2oc(N3CCC(c4ncc[nH]4)CC3)nc2c1. The second-order valence-corrected chi connectivity index (χ2v) is 6.26. The van der Waals surface area contributed by atoms with E-state index in [9.17, 15) is 0 Å². The second kappa shape index (κ2) is 5.18. The number of halogens is 1. The molecule has 0 radical (unpaired) electrons. The Morgan fingerprint density at radius 2 is 2.14 bits per heavy atom. The zero-order chi connectivity index (χ0) is 14.2. The van der Waals surface area contributed by atoms with E-state index in [2.05, 4.69) is 35.8 Å². The number of piperidine rings is 1. The predicted molar refractivity (Wildman–Crippen MR) is 84.5 cm³/mol. The number of imidazole rings is 1. The number of rotatable bonds is 2. The van der Waals surface area contributed by atoms with Crippen molar-refractivity contribution in [2.45, 2.75) is 18.8 Å². The average molecular weight is 347 g/mol. The van der Waals surface area contributed by atoms with Crippen molar-refractivity contribution in [1.82, 2.24) is 15.0 Å². The summed E-state index contributed by atoms with van der Waals surface area (Å²) in [6, 6.07) is 6.63. The van der Waals surface area contributed by atoms with Gasteiger partial charge < -0.3 is 14.3 Å². The first kappa shape index (κ1) is 12.9. The van der Waals surface area contributed by atoms with Crippen molar-refractivity contribution in [2.75, 3.05) is 18.0 Å². The molecule has 108 valence electrons. The van der Waals surface area contributed by atoms with Gasteiger partial charge in [-0.15, -0.1) is 0 Å². The van der Waals surface area contributed by atoms with Crippen LogP contribution in [0.5, 0.6) is 0 Å². The fourth-order valence-corrected chi connectivity index (χ4v) is 3.22. The van der Waals surface area contributed by atoms with E-state index < -0.39 is 0 Å². The van der Waals surface area contributed by atoms with Gasteiger partial charge in [-0.2, -0.15) is 4.98 Å². The smallest absolute Gasteiger partial charge is 0.298 e. The van der Waals surface area contributed by atoms with E-state index in [0.717, 1.165) is 53.3 Å². The Hall–Kier alpha value is -1.82. The first-order valence-electron chi connectivity index (χ1n) is 7.10. The number of oxazole rings is 1. The van der Waals surface area contributed by atoms with Crippen LogP contribution in [0, 0.1) is 0 Å². The summed E-state index contributed by atoms with van der Waals surface area (Å²) in [6.07, 6.45) is 5.84. The Labute approximate surface area is 130 Å². The predicted octanol–water partition coefficient (Wildman–Crippen LogP) is 3.70. The van der Waals surface area contributed by atoms with E-state index >= 15 is 0 Å². The minimum Gasteiger partial charge on any atom is -0.423 e. The molecule has 0 amide bonds. The van der Waals surface area contributed by atoms with Crippen LogP contribution in [-0.2, 0) is 0 Å². The zero-order valence-electron chi connectivity index (χ0n) is 11.4. The van der Waals surface area contributed by atoms with Crippen LogP contribution in [-0.4, -0.2) is 28.0 Å². The molecule has 4 rings (SSSR count). The Kier molecular flexibility index (Phi) is 3.18.